The smallest absolute Gasteiger partial charge is 0.424 e. The van der Waals surface area contributed by atoms with Crippen LogP contribution in [0.4, 0.5) is 17.6 Å². The van der Waals surface area contributed by atoms with Crippen molar-refractivity contribution in [3.8, 4) is 17.0 Å². The van der Waals surface area contributed by atoms with E-state index in [1.54, 1.807) is 6.07 Å². The molecule has 1 aliphatic heterocycles. The van der Waals surface area contributed by atoms with E-state index in [4.69, 9.17) is 22.1 Å². The number of aromatic nitrogens is 2. The van der Waals surface area contributed by atoms with Gasteiger partial charge in [0.1, 0.15) is 23.0 Å². The van der Waals surface area contributed by atoms with Gasteiger partial charge in [-0.15, -0.1) is 0 Å². The van der Waals surface area contributed by atoms with Gasteiger partial charge in [-0.3, -0.25) is 14.6 Å². The summed E-state index contributed by atoms with van der Waals surface area (Å²) in [5.74, 6) is -2.29. The number of primary amides is 1. The first-order chi connectivity index (χ1) is 19.3. The first kappa shape index (κ1) is 26.9. The Kier molecular flexibility index (Phi) is 5.98. The molecule has 3 heterocycles. The fourth-order valence-electron chi connectivity index (χ4n) is 5.08. The molecule has 1 aliphatic carbocycles. The molecule has 3 atom stereocenters. The maximum Gasteiger partial charge on any atom is 0.424 e. The largest absolute Gasteiger partial charge is 0.486 e. The molecular weight excluding hydrogens is 568 g/mol. The van der Waals surface area contributed by atoms with Crippen molar-refractivity contribution in [1.82, 2.24) is 15.3 Å². The number of carbonyl (C=O) groups excluding carboxylic acids is 2. The lowest BCUT2D eigenvalue weighted by molar-refractivity contribution is -0.265. The van der Waals surface area contributed by atoms with Crippen molar-refractivity contribution in [2.24, 2.45) is 5.73 Å². The van der Waals surface area contributed by atoms with Gasteiger partial charge in [-0.1, -0.05) is 11.6 Å². The van der Waals surface area contributed by atoms with Crippen molar-refractivity contribution in [2.75, 3.05) is 6.54 Å². The second kappa shape index (κ2) is 9.11. The lowest BCUT2D eigenvalue weighted by atomic mass is 9.89. The Morgan fingerprint density at radius 2 is 1.88 bits per heavy atom. The number of hydrogen-bond donors (Lipinski definition) is 3. The van der Waals surface area contributed by atoms with E-state index in [1.165, 1.54) is 36.5 Å². The van der Waals surface area contributed by atoms with Gasteiger partial charge in [0.2, 0.25) is 11.5 Å². The maximum absolute atomic E-state index is 14.6. The predicted molar refractivity (Wildman–Crippen MR) is 139 cm³/mol. The molecule has 4 aromatic rings. The topological polar surface area (TPSA) is 127 Å². The normalized spacial score (nSPS) is 20.5. The number of ether oxygens (including phenoxy) is 1. The second-order valence-electron chi connectivity index (χ2n) is 9.99. The van der Waals surface area contributed by atoms with Gasteiger partial charge in [-0.05, 0) is 54.6 Å². The molecule has 2 amide bonds. The number of benzene rings is 2. The molecule has 6 rings (SSSR count). The van der Waals surface area contributed by atoms with Crippen LogP contribution in [-0.4, -0.2) is 45.7 Å². The molecule has 8 nitrogen and oxygen atoms in total. The number of nitrogens with two attached hydrogens (primary N) is 1. The van der Waals surface area contributed by atoms with Gasteiger partial charge in [-0.25, -0.2) is 9.37 Å². The molecule has 0 spiro atoms. The first-order valence-electron chi connectivity index (χ1n) is 12.2. The molecule has 0 radical (unpaired) electrons. The van der Waals surface area contributed by atoms with Gasteiger partial charge in [0, 0.05) is 34.7 Å². The van der Waals surface area contributed by atoms with Gasteiger partial charge in [-0.2, -0.15) is 13.2 Å². The molecule has 1 unspecified atom stereocenters. The molecule has 1 fully saturated rings. The highest BCUT2D eigenvalue weighted by Gasteiger charge is 2.69. The van der Waals surface area contributed by atoms with Gasteiger partial charge in [0.15, 0.2) is 5.75 Å². The molecule has 4 N–H and O–H groups in total. The van der Waals surface area contributed by atoms with E-state index in [2.05, 4.69) is 15.3 Å². The highest BCUT2D eigenvalue weighted by atomic mass is 35.5. The van der Waals surface area contributed by atoms with Crippen molar-refractivity contribution >= 4 is 34.3 Å². The van der Waals surface area contributed by atoms with Crippen LogP contribution >= 0.6 is 11.6 Å². The van der Waals surface area contributed by atoms with Gasteiger partial charge in [0.05, 0.1) is 22.8 Å². The number of hydrogen-bond acceptors (Lipinski definition) is 6. The third kappa shape index (κ3) is 4.25. The molecule has 0 saturated heterocycles. The highest BCUT2D eigenvalue weighted by Crippen LogP contribution is 2.61. The maximum atomic E-state index is 14.6. The minimum absolute atomic E-state index is 0.00177. The summed E-state index contributed by atoms with van der Waals surface area (Å²) in [6.45, 7) is -1.32. The Hall–Kier alpha value is -4.29. The zero-order valence-electron chi connectivity index (χ0n) is 20.8. The summed E-state index contributed by atoms with van der Waals surface area (Å²) in [6.07, 6.45) is -4.48. The minimum atomic E-state index is -5.33. The summed E-state index contributed by atoms with van der Waals surface area (Å²) in [6, 6.07) is 11.5. The Morgan fingerprint density at radius 3 is 2.56 bits per heavy atom. The number of aliphatic hydroxyl groups is 1. The van der Waals surface area contributed by atoms with Crippen molar-refractivity contribution in [2.45, 2.75) is 29.7 Å². The molecule has 0 bridgehead atoms. The van der Waals surface area contributed by atoms with Crippen LogP contribution in [-0.2, 0) is 15.8 Å². The van der Waals surface area contributed by atoms with E-state index >= 15 is 0 Å². The quantitative estimate of drug-likeness (QED) is 0.291. The van der Waals surface area contributed by atoms with Crippen molar-refractivity contribution in [3.63, 3.8) is 0 Å². The van der Waals surface area contributed by atoms with Crippen LogP contribution in [0.5, 0.6) is 5.75 Å². The van der Waals surface area contributed by atoms with Crippen LogP contribution in [0.3, 0.4) is 0 Å². The van der Waals surface area contributed by atoms with Crippen LogP contribution in [0.15, 0.2) is 60.8 Å². The average Bonchev–Trinajstić information content (AvgIpc) is 3.57. The number of amides is 2. The number of rotatable bonds is 6. The average molecular weight is 587 g/mol. The Balaban J connectivity index is 1.41. The van der Waals surface area contributed by atoms with Gasteiger partial charge < -0.3 is 20.9 Å². The zero-order chi connectivity index (χ0) is 29.3. The Labute approximate surface area is 234 Å². The number of alkyl halides is 3. The van der Waals surface area contributed by atoms with E-state index in [-0.39, 0.29) is 34.6 Å². The van der Waals surface area contributed by atoms with Crippen LogP contribution in [0.2, 0.25) is 5.02 Å². The Bertz CT molecular complexity index is 1750. The summed E-state index contributed by atoms with van der Waals surface area (Å²) >= 11 is 5.95. The van der Waals surface area contributed by atoms with E-state index in [0.717, 1.165) is 18.2 Å². The predicted octanol–water partition coefficient (Wildman–Crippen LogP) is 4.16. The van der Waals surface area contributed by atoms with Crippen molar-refractivity contribution in [3.05, 3.63) is 88.5 Å². The minimum Gasteiger partial charge on any atom is -0.486 e. The fraction of sp³-hybridized carbons (Fsp3) is 0.214. The number of fused-ring (bicyclic) bond motifs is 4. The van der Waals surface area contributed by atoms with Crippen LogP contribution < -0.4 is 15.8 Å². The standard InChI is InChI=1S/C28H19ClF4N4O4/c29-16-8-15-7-14(3-6-19(15)35-11-16)24(38)36-12-27(40,28(31,32)33)20-9-18-23(41-21-10-26(18,21)25(34)39)22(37-20)13-1-4-17(30)5-2-13/h1-9,11,21,40H,10,12H2,(H2,34,39)(H,36,38)/t21?,26-,27+/m1/s1. The van der Waals surface area contributed by atoms with E-state index in [9.17, 15) is 32.3 Å². The fourth-order valence-corrected chi connectivity index (χ4v) is 5.25. The molecule has 41 heavy (non-hydrogen) atoms. The number of carbonyl (C=O) groups is 2. The second-order valence-corrected chi connectivity index (χ2v) is 10.4. The summed E-state index contributed by atoms with van der Waals surface area (Å²) in [7, 11) is 0. The van der Waals surface area contributed by atoms with Crippen molar-refractivity contribution < 1.29 is 37.0 Å². The number of nitrogens with one attached hydrogen (secondary N) is 1. The van der Waals surface area contributed by atoms with Crippen LogP contribution in [0.25, 0.3) is 22.2 Å². The molecule has 210 valence electrons. The zero-order valence-corrected chi connectivity index (χ0v) is 21.6. The molecular formula is C28H19ClF4N4O4. The molecule has 2 aromatic carbocycles. The molecule has 2 aliphatic rings. The summed E-state index contributed by atoms with van der Waals surface area (Å²) in [5, 5.41) is 14.1. The molecule has 13 heteroatoms. The lowest BCUT2D eigenvalue weighted by Crippen LogP contribution is -2.51. The summed E-state index contributed by atoms with van der Waals surface area (Å²) < 4.78 is 63.1. The lowest BCUT2D eigenvalue weighted by Gasteiger charge is -2.31. The summed E-state index contributed by atoms with van der Waals surface area (Å²) in [4.78, 5) is 33.5. The monoisotopic (exact) mass is 586 g/mol. The molecule has 2 aromatic heterocycles. The number of nitrogens with zero attached hydrogens (tertiary/aromatic N) is 2. The third-order valence-electron chi connectivity index (χ3n) is 7.48. The number of pyridine rings is 2. The Morgan fingerprint density at radius 1 is 1.15 bits per heavy atom. The van der Waals surface area contributed by atoms with Crippen LogP contribution in [0, 0.1) is 5.82 Å². The first-order valence-corrected chi connectivity index (χ1v) is 12.6. The van der Waals surface area contributed by atoms with Crippen molar-refractivity contribution in [1.29, 1.82) is 0 Å². The third-order valence-corrected chi connectivity index (χ3v) is 7.68. The van der Waals surface area contributed by atoms with Crippen LogP contribution in [0.1, 0.15) is 28.0 Å². The highest BCUT2D eigenvalue weighted by molar-refractivity contribution is 6.31. The van der Waals surface area contributed by atoms with E-state index in [1.807, 2.05) is 0 Å². The van der Waals surface area contributed by atoms with Gasteiger partial charge >= 0.3 is 6.18 Å². The van der Waals surface area contributed by atoms with E-state index < -0.39 is 53.2 Å². The van der Waals surface area contributed by atoms with Gasteiger partial charge in [0.25, 0.3) is 5.91 Å². The number of halogens is 5. The molecule has 1 saturated carbocycles. The summed E-state index contributed by atoms with van der Waals surface area (Å²) in [5.41, 5.74) is 0.221. The van der Waals surface area contributed by atoms with E-state index in [0.29, 0.717) is 15.9 Å². The SMILES string of the molecule is NC(=O)[C@@]12CC1Oc1c2cc([C@@](O)(CNC(=O)c2ccc3ncc(Cl)cc3c2)C(F)(F)F)nc1-c1ccc(F)cc1.